The summed E-state index contributed by atoms with van der Waals surface area (Å²) in [6.45, 7) is 0.511. The van der Waals surface area contributed by atoms with Gasteiger partial charge in [-0.1, -0.05) is 12.1 Å². The molecule has 0 amide bonds. The molecule has 0 spiro atoms. The summed E-state index contributed by atoms with van der Waals surface area (Å²) in [6.07, 6.45) is 1.61. The number of non-ortho nitro benzene ring substituents is 1. The summed E-state index contributed by atoms with van der Waals surface area (Å²) in [7, 11) is 0. The number of nitrogens with zero attached hydrogens (tertiary/aromatic N) is 3. The van der Waals surface area contributed by atoms with Crippen molar-refractivity contribution in [2.24, 2.45) is 0 Å². The van der Waals surface area contributed by atoms with E-state index in [1.165, 1.54) is 12.1 Å². The Kier molecular flexibility index (Phi) is 2.55. The topological polar surface area (TPSA) is 87.0 Å². The minimum absolute atomic E-state index is 0.0807. The highest BCUT2D eigenvalue weighted by molar-refractivity contribution is 5.34. The Morgan fingerprint density at radius 2 is 2.00 bits per heavy atom. The Morgan fingerprint density at radius 1 is 1.31 bits per heavy atom. The SMILES string of the molecule is Nc1ccnn1Cc1ccc([N+](=O)[O-])cc1. The summed E-state index contributed by atoms with van der Waals surface area (Å²) in [4.78, 5) is 10.0. The highest BCUT2D eigenvalue weighted by atomic mass is 16.6. The first-order valence-corrected chi connectivity index (χ1v) is 4.67. The second-order valence-electron chi connectivity index (χ2n) is 3.34. The highest BCUT2D eigenvalue weighted by Crippen LogP contribution is 2.13. The van der Waals surface area contributed by atoms with Crippen LogP contribution in [0.25, 0.3) is 0 Å². The number of anilines is 1. The summed E-state index contributed by atoms with van der Waals surface area (Å²) in [5, 5.41) is 14.5. The van der Waals surface area contributed by atoms with Crippen molar-refractivity contribution >= 4 is 11.5 Å². The Hall–Kier alpha value is -2.37. The normalized spacial score (nSPS) is 10.2. The van der Waals surface area contributed by atoms with Crippen molar-refractivity contribution < 1.29 is 4.92 Å². The third kappa shape index (κ3) is 2.00. The van der Waals surface area contributed by atoms with Crippen LogP contribution in [0.15, 0.2) is 36.5 Å². The molecule has 0 aliphatic heterocycles. The highest BCUT2D eigenvalue weighted by Gasteiger charge is 2.05. The molecule has 1 aromatic carbocycles. The van der Waals surface area contributed by atoms with Crippen molar-refractivity contribution in [2.45, 2.75) is 6.54 Å². The van der Waals surface area contributed by atoms with Crippen LogP contribution < -0.4 is 5.73 Å². The molecular formula is C10H10N4O2. The van der Waals surface area contributed by atoms with E-state index in [0.29, 0.717) is 12.4 Å². The first-order chi connectivity index (χ1) is 7.66. The first-order valence-electron chi connectivity index (χ1n) is 4.67. The van der Waals surface area contributed by atoms with Crippen molar-refractivity contribution in [3.05, 3.63) is 52.2 Å². The second-order valence-corrected chi connectivity index (χ2v) is 3.34. The van der Waals surface area contributed by atoms with E-state index in [9.17, 15) is 10.1 Å². The molecule has 0 bridgehead atoms. The van der Waals surface area contributed by atoms with Crippen LogP contribution in [0.3, 0.4) is 0 Å². The van der Waals surface area contributed by atoms with Gasteiger partial charge in [0.1, 0.15) is 5.82 Å². The van der Waals surface area contributed by atoms with Crippen LogP contribution in [-0.2, 0) is 6.54 Å². The lowest BCUT2D eigenvalue weighted by molar-refractivity contribution is -0.384. The number of aromatic nitrogens is 2. The molecular weight excluding hydrogens is 208 g/mol. The molecule has 1 heterocycles. The molecule has 2 rings (SSSR count). The summed E-state index contributed by atoms with van der Waals surface area (Å²) in [5.74, 6) is 0.568. The van der Waals surface area contributed by atoms with Crippen LogP contribution in [0.2, 0.25) is 0 Å². The van der Waals surface area contributed by atoms with Crippen LogP contribution in [0, 0.1) is 10.1 Å². The maximum Gasteiger partial charge on any atom is 0.269 e. The minimum Gasteiger partial charge on any atom is -0.384 e. The van der Waals surface area contributed by atoms with Crippen molar-refractivity contribution in [3.8, 4) is 0 Å². The van der Waals surface area contributed by atoms with E-state index in [2.05, 4.69) is 5.10 Å². The van der Waals surface area contributed by atoms with Crippen LogP contribution in [0.1, 0.15) is 5.56 Å². The molecule has 6 nitrogen and oxygen atoms in total. The summed E-state index contributed by atoms with van der Waals surface area (Å²) in [6, 6.07) is 8.02. The van der Waals surface area contributed by atoms with Crippen molar-refractivity contribution in [1.29, 1.82) is 0 Å². The first kappa shape index (κ1) is 10.2. The molecule has 82 valence electrons. The van der Waals surface area contributed by atoms with Crippen molar-refractivity contribution in [3.63, 3.8) is 0 Å². The van der Waals surface area contributed by atoms with E-state index in [1.807, 2.05) is 0 Å². The van der Waals surface area contributed by atoms with Crippen LogP contribution in [0.4, 0.5) is 11.5 Å². The van der Waals surface area contributed by atoms with Crippen molar-refractivity contribution in [1.82, 2.24) is 9.78 Å². The summed E-state index contributed by atoms with van der Waals surface area (Å²) >= 11 is 0. The number of hydrogen-bond donors (Lipinski definition) is 1. The molecule has 16 heavy (non-hydrogen) atoms. The van der Waals surface area contributed by atoms with E-state index in [4.69, 9.17) is 5.73 Å². The zero-order valence-corrected chi connectivity index (χ0v) is 8.41. The number of nitro benzene ring substituents is 1. The second kappa shape index (κ2) is 4.01. The van der Waals surface area contributed by atoms with E-state index < -0.39 is 4.92 Å². The zero-order valence-electron chi connectivity index (χ0n) is 8.41. The van der Waals surface area contributed by atoms with Crippen LogP contribution >= 0.6 is 0 Å². The number of nitrogen functional groups attached to an aromatic ring is 1. The van der Waals surface area contributed by atoms with Gasteiger partial charge in [-0.3, -0.25) is 10.1 Å². The predicted octanol–water partition coefficient (Wildman–Crippen LogP) is 1.42. The monoisotopic (exact) mass is 218 g/mol. The van der Waals surface area contributed by atoms with Gasteiger partial charge in [-0.25, -0.2) is 4.68 Å². The molecule has 0 atom stereocenters. The van der Waals surface area contributed by atoms with Gasteiger partial charge in [-0.2, -0.15) is 5.10 Å². The molecule has 0 aliphatic carbocycles. The van der Waals surface area contributed by atoms with Gasteiger partial charge in [-0.15, -0.1) is 0 Å². The predicted molar refractivity (Wildman–Crippen MR) is 58.8 cm³/mol. The van der Waals surface area contributed by atoms with Gasteiger partial charge in [0.15, 0.2) is 0 Å². The third-order valence-corrected chi connectivity index (χ3v) is 2.23. The van der Waals surface area contributed by atoms with Gasteiger partial charge in [0.25, 0.3) is 5.69 Å². The Bertz CT molecular complexity index is 504. The van der Waals surface area contributed by atoms with E-state index in [0.717, 1.165) is 5.56 Å². The minimum atomic E-state index is -0.425. The Labute approximate surface area is 91.5 Å². The van der Waals surface area contributed by atoms with Crippen LogP contribution in [-0.4, -0.2) is 14.7 Å². The Morgan fingerprint density at radius 3 is 2.50 bits per heavy atom. The largest absolute Gasteiger partial charge is 0.384 e. The lowest BCUT2D eigenvalue weighted by Crippen LogP contribution is -2.05. The number of hydrogen-bond acceptors (Lipinski definition) is 4. The van der Waals surface area contributed by atoms with Crippen molar-refractivity contribution in [2.75, 3.05) is 5.73 Å². The molecule has 0 saturated carbocycles. The maximum atomic E-state index is 10.5. The average molecular weight is 218 g/mol. The number of benzene rings is 1. The third-order valence-electron chi connectivity index (χ3n) is 2.23. The summed E-state index contributed by atoms with van der Waals surface area (Å²) < 4.78 is 1.63. The lowest BCUT2D eigenvalue weighted by Gasteiger charge is -2.03. The molecule has 6 heteroatoms. The average Bonchev–Trinajstić information content (AvgIpc) is 2.65. The van der Waals surface area contributed by atoms with Gasteiger partial charge in [0.2, 0.25) is 0 Å². The maximum absolute atomic E-state index is 10.5. The molecule has 1 aromatic heterocycles. The molecule has 0 fully saturated rings. The number of nitrogens with two attached hydrogens (primary N) is 1. The molecule has 0 unspecified atom stereocenters. The Balaban J connectivity index is 2.17. The van der Waals surface area contributed by atoms with Gasteiger partial charge in [0.05, 0.1) is 17.7 Å². The van der Waals surface area contributed by atoms with Gasteiger partial charge in [0, 0.05) is 12.1 Å². The molecule has 0 radical (unpaired) electrons. The van der Waals surface area contributed by atoms with E-state index in [-0.39, 0.29) is 5.69 Å². The quantitative estimate of drug-likeness (QED) is 0.623. The standard InChI is InChI=1S/C10H10N4O2/c11-10-5-6-12-13(10)7-8-1-3-9(4-2-8)14(15)16/h1-6H,7,11H2. The molecule has 0 aliphatic rings. The smallest absolute Gasteiger partial charge is 0.269 e. The van der Waals surface area contributed by atoms with Gasteiger partial charge >= 0.3 is 0 Å². The number of nitro groups is 1. The van der Waals surface area contributed by atoms with Gasteiger partial charge < -0.3 is 5.73 Å². The van der Waals surface area contributed by atoms with E-state index in [1.54, 1.807) is 29.1 Å². The van der Waals surface area contributed by atoms with Crippen LogP contribution in [0.5, 0.6) is 0 Å². The molecule has 0 saturated heterocycles. The fourth-order valence-electron chi connectivity index (χ4n) is 1.37. The zero-order chi connectivity index (χ0) is 11.5. The van der Waals surface area contributed by atoms with E-state index >= 15 is 0 Å². The fraction of sp³-hybridized carbons (Fsp3) is 0.100. The molecule has 2 aromatic rings. The molecule has 2 N–H and O–H groups in total. The fourth-order valence-corrected chi connectivity index (χ4v) is 1.37. The number of rotatable bonds is 3. The van der Waals surface area contributed by atoms with Gasteiger partial charge in [-0.05, 0) is 11.6 Å². The lowest BCUT2D eigenvalue weighted by atomic mass is 10.2. The summed E-state index contributed by atoms with van der Waals surface area (Å²) in [5.41, 5.74) is 6.66.